The number of hydrogen-bond acceptors (Lipinski definition) is 6. The molecule has 3 rings (SSSR count). The predicted octanol–water partition coefficient (Wildman–Crippen LogP) is 1.71. The Morgan fingerprint density at radius 1 is 1.14 bits per heavy atom. The third-order valence-electron chi connectivity index (χ3n) is 4.71. The Morgan fingerprint density at radius 3 is 2.50 bits per heavy atom. The lowest BCUT2D eigenvalue weighted by Gasteiger charge is -2.26. The quantitative estimate of drug-likeness (QED) is 0.681. The molecule has 8 nitrogen and oxygen atoms in total. The first-order chi connectivity index (χ1) is 13.4. The van der Waals surface area contributed by atoms with Gasteiger partial charge in [0.15, 0.2) is 5.16 Å². The molecule has 1 aliphatic rings. The van der Waals surface area contributed by atoms with E-state index >= 15 is 0 Å². The SMILES string of the molecule is Cc1ccc(S(=O)(=O)NCc2nnc(SCC(=O)N3CCCCC3)n2C)cc1. The number of nitrogens with one attached hydrogen (secondary N) is 1. The summed E-state index contributed by atoms with van der Waals surface area (Å²) in [5, 5.41) is 8.74. The number of nitrogens with zero attached hydrogens (tertiary/aromatic N) is 4. The summed E-state index contributed by atoms with van der Waals surface area (Å²) < 4.78 is 29.1. The van der Waals surface area contributed by atoms with E-state index in [4.69, 9.17) is 0 Å². The predicted molar refractivity (Wildman–Crippen MR) is 107 cm³/mol. The van der Waals surface area contributed by atoms with Gasteiger partial charge in [-0.1, -0.05) is 29.5 Å². The number of thioether (sulfide) groups is 1. The van der Waals surface area contributed by atoms with Crippen molar-refractivity contribution in [1.82, 2.24) is 24.4 Å². The van der Waals surface area contributed by atoms with Crippen LogP contribution in [0.2, 0.25) is 0 Å². The molecule has 1 amide bonds. The standard InChI is InChI=1S/C18H25N5O3S2/c1-14-6-8-15(9-7-14)28(25,26)19-12-16-20-21-18(22(16)2)27-13-17(24)23-10-4-3-5-11-23/h6-9,19H,3-5,10-13H2,1-2H3. The minimum Gasteiger partial charge on any atom is -0.342 e. The number of likely N-dealkylation sites (tertiary alicyclic amines) is 1. The van der Waals surface area contributed by atoms with Gasteiger partial charge in [-0.05, 0) is 38.3 Å². The molecule has 1 aromatic heterocycles. The van der Waals surface area contributed by atoms with Crippen molar-refractivity contribution in [3.63, 3.8) is 0 Å². The second kappa shape index (κ2) is 9.06. The molecule has 1 aliphatic heterocycles. The second-order valence-corrected chi connectivity index (χ2v) is 9.53. The van der Waals surface area contributed by atoms with Crippen LogP contribution in [0.3, 0.4) is 0 Å². The maximum atomic E-state index is 12.4. The van der Waals surface area contributed by atoms with Crippen molar-refractivity contribution in [3.05, 3.63) is 35.7 Å². The first-order valence-electron chi connectivity index (χ1n) is 9.22. The molecule has 1 aromatic carbocycles. The number of aryl methyl sites for hydroxylation is 1. The van der Waals surface area contributed by atoms with Gasteiger partial charge < -0.3 is 9.47 Å². The van der Waals surface area contributed by atoms with Gasteiger partial charge in [-0.15, -0.1) is 10.2 Å². The Bertz CT molecular complexity index is 919. The van der Waals surface area contributed by atoms with Gasteiger partial charge in [-0.2, -0.15) is 0 Å². The summed E-state index contributed by atoms with van der Waals surface area (Å²) in [6, 6.07) is 6.65. The number of rotatable bonds is 7. The number of carbonyl (C=O) groups excluding carboxylic acids is 1. The number of aromatic nitrogens is 3. The fourth-order valence-electron chi connectivity index (χ4n) is 2.95. The topological polar surface area (TPSA) is 97.2 Å². The van der Waals surface area contributed by atoms with E-state index in [9.17, 15) is 13.2 Å². The lowest BCUT2D eigenvalue weighted by atomic mass is 10.1. The van der Waals surface area contributed by atoms with E-state index in [0.717, 1.165) is 31.5 Å². The number of benzene rings is 1. The summed E-state index contributed by atoms with van der Waals surface area (Å²) in [5.41, 5.74) is 0.994. The zero-order chi connectivity index (χ0) is 20.1. The van der Waals surface area contributed by atoms with E-state index in [0.29, 0.717) is 16.7 Å². The molecule has 28 heavy (non-hydrogen) atoms. The number of piperidine rings is 1. The number of amides is 1. The van der Waals surface area contributed by atoms with Crippen LogP contribution in [0.15, 0.2) is 34.3 Å². The van der Waals surface area contributed by atoms with Crippen LogP contribution in [-0.4, -0.2) is 52.8 Å². The molecular formula is C18H25N5O3S2. The summed E-state index contributed by atoms with van der Waals surface area (Å²) >= 11 is 1.32. The molecule has 0 radical (unpaired) electrons. The summed E-state index contributed by atoms with van der Waals surface area (Å²) in [7, 11) is -1.85. The Hall–Kier alpha value is -1.91. The van der Waals surface area contributed by atoms with Crippen LogP contribution in [0.5, 0.6) is 0 Å². The zero-order valence-corrected chi connectivity index (χ0v) is 17.7. The van der Waals surface area contributed by atoms with E-state index < -0.39 is 10.0 Å². The number of sulfonamides is 1. The van der Waals surface area contributed by atoms with Crippen molar-refractivity contribution in [3.8, 4) is 0 Å². The van der Waals surface area contributed by atoms with Gasteiger partial charge in [0.2, 0.25) is 15.9 Å². The summed E-state index contributed by atoms with van der Waals surface area (Å²) in [4.78, 5) is 14.4. The van der Waals surface area contributed by atoms with Gasteiger partial charge in [0, 0.05) is 20.1 Å². The molecular weight excluding hydrogens is 398 g/mol. The Balaban J connectivity index is 1.57. The monoisotopic (exact) mass is 423 g/mol. The molecule has 10 heteroatoms. The first-order valence-corrected chi connectivity index (χ1v) is 11.7. The van der Waals surface area contributed by atoms with Crippen LogP contribution in [0.1, 0.15) is 30.7 Å². The van der Waals surface area contributed by atoms with E-state index in [2.05, 4.69) is 14.9 Å². The van der Waals surface area contributed by atoms with Gasteiger partial charge in [0.25, 0.3) is 0 Å². The van der Waals surface area contributed by atoms with Crippen molar-refractivity contribution >= 4 is 27.7 Å². The fraction of sp³-hybridized carbons (Fsp3) is 0.500. The van der Waals surface area contributed by atoms with Crippen LogP contribution in [0, 0.1) is 6.92 Å². The molecule has 2 heterocycles. The maximum Gasteiger partial charge on any atom is 0.240 e. The minimum atomic E-state index is -3.62. The third kappa shape index (κ3) is 5.12. The molecule has 1 N–H and O–H groups in total. The average molecular weight is 424 g/mol. The third-order valence-corrected chi connectivity index (χ3v) is 7.13. The maximum absolute atomic E-state index is 12.4. The summed E-state index contributed by atoms with van der Waals surface area (Å²) in [6.07, 6.45) is 3.30. The molecule has 1 saturated heterocycles. The van der Waals surface area contributed by atoms with Crippen LogP contribution in [0.25, 0.3) is 0 Å². The summed E-state index contributed by atoms with van der Waals surface area (Å²) in [5.74, 6) is 0.902. The fourth-order valence-corrected chi connectivity index (χ4v) is 4.76. The number of hydrogen-bond donors (Lipinski definition) is 1. The van der Waals surface area contributed by atoms with E-state index in [1.54, 1.807) is 35.9 Å². The highest BCUT2D eigenvalue weighted by molar-refractivity contribution is 7.99. The van der Waals surface area contributed by atoms with Crippen molar-refractivity contribution in [2.45, 2.75) is 42.8 Å². The second-order valence-electron chi connectivity index (χ2n) is 6.83. The van der Waals surface area contributed by atoms with Crippen molar-refractivity contribution in [1.29, 1.82) is 0 Å². The molecule has 0 atom stereocenters. The van der Waals surface area contributed by atoms with Gasteiger partial charge in [0.05, 0.1) is 17.2 Å². The average Bonchev–Trinajstić information content (AvgIpc) is 3.05. The van der Waals surface area contributed by atoms with Crippen molar-refractivity contribution in [2.75, 3.05) is 18.8 Å². The van der Waals surface area contributed by atoms with Gasteiger partial charge >= 0.3 is 0 Å². The molecule has 0 unspecified atom stereocenters. The molecule has 0 bridgehead atoms. The van der Waals surface area contributed by atoms with Crippen LogP contribution < -0.4 is 4.72 Å². The van der Waals surface area contributed by atoms with E-state index in [-0.39, 0.29) is 17.3 Å². The van der Waals surface area contributed by atoms with E-state index in [1.807, 2.05) is 11.8 Å². The van der Waals surface area contributed by atoms with Crippen LogP contribution in [-0.2, 0) is 28.4 Å². The van der Waals surface area contributed by atoms with Gasteiger partial charge in [0.1, 0.15) is 5.82 Å². The zero-order valence-electron chi connectivity index (χ0n) is 16.1. The van der Waals surface area contributed by atoms with Crippen molar-refractivity contribution in [2.24, 2.45) is 7.05 Å². The molecule has 0 aliphatic carbocycles. The normalized spacial score (nSPS) is 15.0. The molecule has 2 aromatic rings. The Labute approximate surface area is 169 Å². The lowest BCUT2D eigenvalue weighted by molar-refractivity contribution is -0.129. The van der Waals surface area contributed by atoms with Crippen molar-refractivity contribution < 1.29 is 13.2 Å². The smallest absolute Gasteiger partial charge is 0.240 e. The molecule has 0 spiro atoms. The highest BCUT2D eigenvalue weighted by Gasteiger charge is 2.19. The largest absolute Gasteiger partial charge is 0.342 e. The van der Waals surface area contributed by atoms with Gasteiger partial charge in [-0.25, -0.2) is 13.1 Å². The molecule has 1 fully saturated rings. The Morgan fingerprint density at radius 2 is 1.82 bits per heavy atom. The van der Waals surface area contributed by atoms with E-state index in [1.165, 1.54) is 18.2 Å². The minimum absolute atomic E-state index is 0.0281. The highest BCUT2D eigenvalue weighted by Crippen LogP contribution is 2.18. The highest BCUT2D eigenvalue weighted by atomic mass is 32.2. The lowest BCUT2D eigenvalue weighted by Crippen LogP contribution is -2.36. The molecule has 152 valence electrons. The van der Waals surface area contributed by atoms with Gasteiger partial charge in [-0.3, -0.25) is 4.79 Å². The van der Waals surface area contributed by atoms with Crippen LogP contribution >= 0.6 is 11.8 Å². The molecule has 0 saturated carbocycles. The summed E-state index contributed by atoms with van der Waals surface area (Å²) in [6.45, 7) is 3.58. The first kappa shape index (κ1) is 20.8. The number of carbonyl (C=O) groups is 1. The van der Waals surface area contributed by atoms with Crippen LogP contribution in [0.4, 0.5) is 0 Å². The Kier molecular flexibility index (Phi) is 6.73.